The van der Waals surface area contributed by atoms with E-state index in [9.17, 15) is 13.2 Å². The standard InChI is InChI=1S/C16H21N3O3S/c1-16(6-7-23(21,22)12-16)18-15(20)11-19(2)10-14-5-3-4-13(8-14)9-17/h3-5,8H,6-7,10-12H2,1-2H3,(H,18,20)/t16-/m1/s1. The summed E-state index contributed by atoms with van der Waals surface area (Å²) in [7, 11) is -1.23. The first-order valence-electron chi connectivity index (χ1n) is 7.40. The predicted octanol–water partition coefficient (Wildman–Crippen LogP) is 0.683. The Kier molecular flexibility index (Phi) is 5.07. The van der Waals surface area contributed by atoms with Crippen molar-refractivity contribution in [1.82, 2.24) is 10.2 Å². The van der Waals surface area contributed by atoms with E-state index in [1.807, 2.05) is 24.1 Å². The highest BCUT2D eigenvalue weighted by Gasteiger charge is 2.39. The van der Waals surface area contributed by atoms with Gasteiger partial charge in [-0.25, -0.2) is 8.42 Å². The van der Waals surface area contributed by atoms with E-state index >= 15 is 0 Å². The van der Waals surface area contributed by atoms with E-state index in [1.54, 1.807) is 19.1 Å². The van der Waals surface area contributed by atoms with Crippen LogP contribution in [0.1, 0.15) is 24.5 Å². The van der Waals surface area contributed by atoms with Gasteiger partial charge in [-0.15, -0.1) is 0 Å². The summed E-state index contributed by atoms with van der Waals surface area (Å²) in [5.74, 6) is -0.0659. The lowest BCUT2D eigenvalue weighted by molar-refractivity contribution is -0.123. The molecule has 1 N–H and O–H groups in total. The zero-order valence-corrected chi connectivity index (χ0v) is 14.2. The monoisotopic (exact) mass is 335 g/mol. The largest absolute Gasteiger partial charge is 0.349 e. The number of nitriles is 1. The second-order valence-electron chi connectivity index (χ2n) is 6.44. The molecule has 0 unspecified atom stereocenters. The normalized spacial score (nSPS) is 22.7. The highest BCUT2D eigenvalue weighted by atomic mass is 32.2. The zero-order chi connectivity index (χ0) is 17.1. The SMILES string of the molecule is CN(CC(=O)N[C@]1(C)CCS(=O)(=O)C1)Cc1cccc(C#N)c1. The molecule has 1 heterocycles. The summed E-state index contributed by atoms with van der Waals surface area (Å²) >= 11 is 0. The van der Waals surface area contributed by atoms with E-state index in [4.69, 9.17) is 5.26 Å². The van der Waals surface area contributed by atoms with E-state index in [1.165, 1.54) is 0 Å². The van der Waals surface area contributed by atoms with Crippen LogP contribution in [-0.4, -0.2) is 49.9 Å². The molecule has 6 nitrogen and oxygen atoms in total. The van der Waals surface area contributed by atoms with Crippen molar-refractivity contribution in [2.75, 3.05) is 25.1 Å². The van der Waals surface area contributed by atoms with E-state index in [0.29, 0.717) is 18.5 Å². The van der Waals surface area contributed by atoms with Crippen molar-refractivity contribution in [1.29, 1.82) is 5.26 Å². The van der Waals surface area contributed by atoms with Crippen molar-refractivity contribution in [3.63, 3.8) is 0 Å². The predicted molar refractivity (Wildman–Crippen MR) is 87.3 cm³/mol. The number of hydrogen-bond acceptors (Lipinski definition) is 5. The van der Waals surface area contributed by atoms with Crippen molar-refractivity contribution in [3.8, 4) is 6.07 Å². The summed E-state index contributed by atoms with van der Waals surface area (Å²) in [6, 6.07) is 9.33. The lowest BCUT2D eigenvalue weighted by atomic mass is 10.0. The van der Waals surface area contributed by atoms with Gasteiger partial charge in [0, 0.05) is 6.54 Å². The molecule has 1 fully saturated rings. The van der Waals surface area contributed by atoms with Crippen LogP contribution in [0, 0.1) is 11.3 Å². The summed E-state index contributed by atoms with van der Waals surface area (Å²) < 4.78 is 23.1. The van der Waals surface area contributed by atoms with Crippen molar-refractivity contribution in [3.05, 3.63) is 35.4 Å². The van der Waals surface area contributed by atoms with Crippen LogP contribution in [0.2, 0.25) is 0 Å². The van der Waals surface area contributed by atoms with Crippen LogP contribution >= 0.6 is 0 Å². The number of likely N-dealkylation sites (N-methyl/N-ethyl adjacent to an activating group) is 1. The van der Waals surface area contributed by atoms with Crippen LogP contribution in [0.25, 0.3) is 0 Å². The number of sulfone groups is 1. The molecule has 1 atom stereocenters. The van der Waals surface area contributed by atoms with E-state index in [0.717, 1.165) is 5.56 Å². The van der Waals surface area contributed by atoms with Gasteiger partial charge in [-0.2, -0.15) is 5.26 Å². The third-order valence-corrected chi connectivity index (χ3v) is 5.77. The van der Waals surface area contributed by atoms with Gasteiger partial charge in [0.05, 0.1) is 35.2 Å². The van der Waals surface area contributed by atoms with Gasteiger partial charge in [0.1, 0.15) is 0 Å². The maximum absolute atomic E-state index is 12.1. The van der Waals surface area contributed by atoms with Gasteiger partial charge in [-0.3, -0.25) is 9.69 Å². The van der Waals surface area contributed by atoms with Gasteiger partial charge < -0.3 is 5.32 Å². The van der Waals surface area contributed by atoms with E-state index in [-0.39, 0.29) is 24.0 Å². The quantitative estimate of drug-likeness (QED) is 0.855. The molecule has 1 aromatic carbocycles. The van der Waals surface area contributed by atoms with Crippen molar-refractivity contribution in [2.45, 2.75) is 25.4 Å². The molecule has 0 saturated carbocycles. The number of carbonyl (C=O) groups is 1. The Hall–Kier alpha value is -1.91. The molecular formula is C16H21N3O3S. The maximum Gasteiger partial charge on any atom is 0.234 e. The fourth-order valence-corrected chi connectivity index (χ4v) is 4.93. The molecule has 1 saturated heterocycles. The Balaban J connectivity index is 1.89. The minimum Gasteiger partial charge on any atom is -0.349 e. The number of hydrogen-bond donors (Lipinski definition) is 1. The van der Waals surface area contributed by atoms with Crippen LogP contribution in [-0.2, 0) is 21.2 Å². The molecule has 1 aliphatic heterocycles. The Bertz CT molecular complexity index is 739. The smallest absolute Gasteiger partial charge is 0.234 e. The Morgan fingerprint density at radius 1 is 1.48 bits per heavy atom. The lowest BCUT2D eigenvalue weighted by Gasteiger charge is -2.25. The van der Waals surface area contributed by atoms with Crippen LogP contribution in [0.4, 0.5) is 0 Å². The third kappa shape index (κ3) is 5.05. The van der Waals surface area contributed by atoms with Gasteiger partial charge in [-0.05, 0) is 38.1 Å². The maximum atomic E-state index is 12.1. The molecule has 0 spiro atoms. The summed E-state index contributed by atoms with van der Waals surface area (Å²) in [5, 5.41) is 11.7. The lowest BCUT2D eigenvalue weighted by Crippen LogP contribution is -2.49. The van der Waals surface area contributed by atoms with Crippen LogP contribution in [0.3, 0.4) is 0 Å². The third-order valence-electron chi connectivity index (χ3n) is 3.87. The summed E-state index contributed by atoms with van der Waals surface area (Å²) in [4.78, 5) is 14.0. The summed E-state index contributed by atoms with van der Waals surface area (Å²) in [6.45, 7) is 2.48. The Morgan fingerprint density at radius 2 is 2.22 bits per heavy atom. The fraction of sp³-hybridized carbons (Fsp3) is 0.500. The summed E-state index contributed by atoms with van der Waals surface area (Å²) in [5.41, 5.74) is 0.871. The molecule has 1 amide bonds. The van der Waals surface area contributed by atoms with Gasteiger partial charge in [0.2, 0.25) is 5.91 Å². The molecule has 124 valence electrons. The van der Waals surface area contributed by atoms with E-state index < -0.39 is 15.4 Å². The number of nitrogens with zero attached hydrogens (tertiary/aromatic N) is 2. The van der Waals surface area contributed by atoms with Crippen LogP contribution in [0.5, 0.6) is 0 Å². The molecule has 0 radical (unpaired) electrons. The Labute approximate surface area is 137 Å². The van der Waals surface area contributed by atoms with Crippen molar-refractivity contribution >= 4 is 15.7 Å². The minimum absolute atomic E-state index is 0.000328. The number of nitrogens with one attached hydrogen (secondary N) is 1. The molecule has 1 aromatic rings. The molecule has 0 bridgehead atoms. The molecular weight excluding hydrogens is 314 g/mol. The second-order valence-corrected chi connectivity index (χ2v) is 8.62. The van der Waals surface area contributed by atoms with Crippen molar-refractivity contribution in [2.24, 2.45) is 0 Å². The van der Waals surface area contributed by atoms with Crippen molar-refractivity contribution < 1.29 is 13.2 Å². The molecule has 1 aliphatic rings. The summed E-state index contributed by atoms with van der Waals surface area (Å²) in [6.07, 6.45) is 0.453. The average molecular weight is 335 g/mol. The molecule has 0 aliphatic carbocycles. The second kappa shape index (κ2) is 6.69. The first-order valence-corrected chi connectivity index (χ1v) is 9.23. The zero-order valence-electron chi connectivity index (χ0n) is 13.4. The minimum atomic E-state index is -3.04. The highest BCUT2D eigenvalue weighted by molar-refractivity contribution is 7.91. The Morgan fingerprint density at radius 3 is 2.83 bits per heavy atom. The number of amides is 1. The van der Waals surface area contributed by atoms with Gasteiger partial charge >= 0.3 is 0 Å². The van der Waals surface area contributed by atoms with Gasteiger partial charge in [0.15, 0.2) is 9.84 Å². The molecule has 0 aromatic heterocycles. The fourth-order valence-electron chi connectivity index (χ4n) is 2.84. The van der Waals surface area contributed by atoms with Gasteiger partial charge in [0.25, 0.3) is 0 Å². The first kappa shape index (κ1) is 17.4. The number of rotatable bonds is 5. The van der Waals surface area contributed by atoms with E-state index in [2.05, 4.69) is 11.4 Å². The topological polar surface area (TPSA) is 90.3 Å². The first-order chi connectivity index (χ1) is 10.7. The van der Waals surface area contributed by atoms with Gasteiger partial charge in [-0.1, -0.05) is 12.1 Å². The molecule has 7 heteroatoms. The number of carbonyl (C=O) groups excluding carboxylic acids is 1. The van der Waals surface area contributed by atoms with Crippen LogP contribution < -0.4 is 5.32 Å². The number of benzene rings is 1. The average Bonchev–Trinajstić information content (AvgIpc) is 2.71. The molecule has 23 heavy (non-hydrogen) atoms. The highest BCUT2D eigenvalue weighted by Crippen LogP contribution is 2.22. The van der Waals surface area contributed by atoms with Crippen LogP contribution in [0.15, 0.2) is 24.3 Å². The molecule has 2 rings (SSSR count).